The average Bonchev–Trinajstić information content (AvgIpc) is 3.72. The van der Waals surface area contributed by atoms with Gasteiger partial charge < -0.3 is 0 Å². The molecule has 4 saturated carbocycles. The second-order valence-corrected chi connectivity index (χ2v) is 27.8. The van der Waals surface area contributed by atoms with Gasteiger partial charge in [0.05, 0.1) is 0 Å². The molecular weight excluding hydrogens is 689 g/mol. The van der Waals surface area contributed by atoms with E-state index < -0.39 is 8.07 Å². The van der Waals surface area contributed by atoms with Gasteiger partial charge in [-0.2, -0.15) is 0 Å². The average molecular weight is 763 g/mol. The Morgan fingerprint density at radius 2 is 0.821 bits per heavy atom. The topological polar surface area (TPSA) is 0 Å². The Morgan fingerprint density at radius 1 is 0.464 bits per heavy atom. The highest BCUT2D eigenvalue weighted by molar-refractivity contribution is 7.04. The van der Waals surface area contributed by atoms with Gasteiger partial charge in [0.1, 0.15) is 8.07 Å². The molecule has 0 spiro atoms. The molecule has 0 radical (unpaired) electrons. The van der Waals surface area contributed by atoms with Crippen molar-refractivity contribution < 1.29 is 0 Å². The van der Waals surface area contributed by atoms with Crippen LogP contribution in [0.3, 0.4) is 0 Å². The van der Waals surface area contributed by atoms with Gasteiger partial charge in [-0.15, -0.1) is 0 Å². The summed E-state index contributed by atoms with van der Waals surface area (Å²) >= 11 is 0. The zero-order chi connectivity index (χ0) is 40.1. The molecule has 2 aromatic carbocycles. The Hall–Kier alpha value is -2.90. The summed E-state index contributed by atoms with van der Waals surface area (Å²) in [5.74, 6) is 3.41. The summed E-state index contributed by atoms with van der Waals surface area (Å²) in [7, 11) is -2.52. The van der Waals surface area contributed by atoms with E-state index in [2.05, 4.69) is 192 Å². The Morgan fingerprint density at radius 3 is 1.21 bits per heavy atom. The van der Waals surface area contributed by atoms with Crippen LogP contribution >= 0.6 is 0 Å². The lowest BCUT2D eigenvalue weighted by molar-refractivity contribution is 0.244. The lowest BCUT2D eigenvalue weighted by Gasteiger charge is -2.52. The first-order valence-corrected chi connectivity index (χ1v) is 24.8. The molecule has 7 atom stereocenters. The standard InChI is InChI=1S/C50H62Si.C5H12/c1-47(2)25-27-49(5,6)43-31-39-37(29-41(43)47)38-30-42-44(50(7,8)28-26-48(42,3)4)32-40(38)46(39)51(34-18-11-9-12-19-34,35-20-13-10-14-21-35)45-24-23-33-17-15-16-22-36(33)45;1-5(2,3)4/h9-22,29-33,36-40,45-46H,23-28H2,1-8H3;1-4H3. The van der Waals surface area contributed by atoms with Crippen LogP contribution in [0.4, 0.5) is 0 Å². The molecule has 7 aliphatic carbocycles. The van der Waals surface area contributed by atoms with Gasteiger partial charge in [-0.25, -0.2) is 0 Å². The van der Waals surface area contributed by atoms with Crippen molar-refractivity contribution >= 4 is 18.4 Å². The van der Waals surface area contributed by atoms with Crippen molar-refractivity contribution in [3.63, 3.8) is 0 Å². The van der Waals surface area contributed by atoms with E-state index in [1.165, 1.54) is 38.5 Å². The third-order valence-electron chi connectivity index (χ3n) is 16.0. The maximum absolute atomic E-state index is 2.96. The lowest BCUT2D eigenvalue weighted by atomic mass is 9.56. The summed E-state index contributed by atoms with van der Waals surface area (Å²) < 4.78 is 0. The number of hydrogen-bond donors (Lipinski definition) is 0. The zero-order valence-electron chi connectivity index (χ0n) is 37.3. The van der Waals surface area contributed by atoms with Crippen LogP contribution < -0.4 is 10.4 Å². The summed E-state index contributed by atoms with van der Waals surface area (Å²) in [6.07, 6.45) is 29.4. The van der Waals surface area contributed by atoms with Crippen LogP contribution in [0.2, 0.25) is 11.1 Å². The maximum atomic E-state index is 2.96. The van der Waals surface area contributed by atoms with Crippen molar-refractivity contribution in [2.45, 2.75) is 133 Å². The van der Waals surface area contributed by atoms with Crippen molar-refractivity contribution in [3.05, 3.63) is 132 Å². The SMILES string of the molecule is CC(C)(C)C.CC1(C)CCC(C)(C)C2=CC3C(C=C21)C1C=C2C(=CC1C3[Si](c1ccccc1)(c1ccccc1)C1CCC3C=CC=CC31)C(C)(C)CCC2(C)C. The van der Waals surface area contributed by atoms with Gasteiger partial charge in [0.25, 0.3) is 0 Å². The summed E-state index contributed by atoms with van der Waals surface area (Å²) in [4.78, 5) is 0. The van der Waals surface area contributed by atoms with Gasteiger partial charge in [0, 0.05) is 0 Å². The molecule has 298 valence electrons. The van der Waals surface area contributed by atoms with Gasteiger partial charge in [0.15, 0.2) is 0 Å². The van der Waals surface area contributed by atoms with Gasteiger partial charge in [-0.1, -0.05) is 209 Å². The zero-order valence-corrected chi connectivity index (χ0v) is 38.3. The van der Waals surface area contributed by atoms with Crippen molar-refractivity contribution in [1.29, 1.82) is 0 Å². The molecule has 7 unspecified atom stereocenters. The summed E-state index contributed by atoms with van der Waals surface area (Å²) in [5.41, 5.74) is 9.35. The normalized spacial score (nSPS) is 34.1. The smallest absolute Gasteiger partial charge is 0.0808 e. The maximum Gasteiger partial charge on any atom is 0.125 e. The van der Waals surface area contributed by atoms with Crippen molar-refractivity contribution in [2.75, 3.05) is 0 Å². The van der Waals surface area contributed by atoms with E-state index in [9.17, 15) is 0 Å². The van der Waals surface area contributed by atoms with E-state index in [1.54, 1.807) is 32.7 Å². The Labute approximate surface area is 343 Å². The minimum absolute atomic E-state index is 0.207. The number of benzene rings is 2. The predicted octanol–water partition coefficient (Wildman–Crippen LogP) is 14.1. The molecule has 4 fully saturated rings. The van der Waals surface area contributed by atoms with E-state index >= 15 is 0 Å². The largest absolute Gasteiger partial charge is 0.125 e. The second-order valence-electron chi connectivity index (χ2n) is 23.5. The molecule has 1 heteroatoms. The highest BCUT2D eigenvalue weighted by Gasteiger charge is 2.65. The molecule has 0 amide bonds. The van der Waals surface area contributed by atoms with Gasteiger partial charge in [-0.3, -0.25) is 0 Å². The molecule has 0 aromatic heterocycles. The van der Waals surface area contributed by atoms with Gasteiger partial charge >= 0.3 is 0 Å². The molecule has 0 bridgehead atoms. The van der Waals surface area contributed by atoms with Crippen LogP contribution in [0.25, 0.3) is 0 Å². The molecule has 0 N–H and O–H groups in total. The first kappa shape index (κ1) is 39.9. The van der Waals surface area contributed by atoms with Crippen molar-refractivity contribution in [1.82, 2.24) is 0 Å². The van der Waals surface area contributed by atoms with Crippen LogP contribution in [0.5, 0.6) is 0 Å². The van der Waals surface area contributed by atoms with Crippen LogP contribution in [-0.2, 0) is 0 Å². The van der Waals surface area contributed by atoms with Crippen LogP contribution in [0.1, 0.15) is 122 Å². The predicted molar refractivity (Wildman–Crippen MR) is 245 cm³/mol. The van der Waals surface area contributed by atoms with E-state index in [0.717, 1.165) is 0 Å². The van der Waals surface area contributed by atoms with E-state index in [4.69, 9.17) is 0 Å². The minimum atomic E-state index is -2.52. The fourth-order valence-electron chi connectivity index (χ4n) is 13.1. The summed E-state index contributed by atoms with van der Waals surface area (Å²) in [6, 6.07) is 24.4. The fraction of sp³-hybridized carbons (Fsp3) is 0.564. The molecule has 0 aliphatic heterocycles. The molecule has 0 saturated heterocycles. The highest BCUT2D eigenvalue weighted by atomic mass is 28.3. The summed E-state index contributed by atoms with van der Waals surface area (Å²) in [6.45, 7) is 29.2. The lowest BCUT2D eigenvalue weighted by Crippen LogP contribution is -2.67. The third kappa shape index (κ3) is 6.63. The molecule has 0 nitrogen and oxygen atoms in total. The first-order chi connectivity index (χ1) is 26.3. The van der Waals surface area contributed by atoms with Crippen LogP contribution in [0, 0.1) is 62.6 Å². The fourth-order valence-corrected chi connectivity index (χ4v) is 20.5. The van der Waals surface area contributed by atoms with E-state index in [-0.39, 0.29) is 21.7 Å². The van der Waals surface area contributed by atoms with Gasteiger partial charge in [-0.05, 0) is 128 Å². The molecular formula is C55H74Si. The Kier molecular flexibility index (Phi) is 9.87. The Bertz CT molecular complexity index is 1860. The monoisotopic (exact) mass is 763 g/mol. The molecule has 9 rings (SSSR count). The third-order valence-corrected chi connectivity index (χ3v) is 22.3. The second kappa shape index (κ2) is 13.9. The molecule has 2 aromatic rings. The van der Waals surface area contributed by atoms with E-state index in [0.29, 0.717) is 52.0 Å². The number of fused-ring (bicyclic) bond motifs is 6. The molecule has 7 aliphatic rings. The highest BCUT2D eigenvalue weighted by Crippen LogP contribution is 2.68. The first-order valence-electron chi connectivity index (χ1n) is 22.6. The van der Waals surface area contributed by atoms with Crippen LogP contribution in [0.15, 0.2) is 132 Å². The quantitative estimate of drug-likeness (QED) is 0.272. The molecule has 0 heterocycles. The number of rotatable bonds is 4. The summed E-state index contributed by atoms with van der Waals surface area (Å²) in [5, 5.41) is 3.36. The number of hydrogen-bond acceptors (Lipinski definition) is 0. The molecule has 56 heavy (non-hydrogen) atoms. The Balaban J connectivity index is 0.000000831. The number of allylic oxidation sites excluding steroid dienone is 12. The van der Waals surface area contributed by atoms with Crippen LogP contribution in [-0.4, -0.2) is 8.07 Å². The minimum Gasteiger partial charge on any atom is -0.0808 e. The van der Waals surface area contributed by atoms with Crippen molar-refractivity contribution in [2.24, 2.45) is 62.6 Å². The van der Waals surface area contributed by atoms with Crippen molar-refractivity contribution in [3.8, 4) is 0 Å². The van der Waals surface area contributed by atoms with Gasteiger partial charge in [0.2, 0.25) is 0 Å². The van der Waals surface area contributed by atoms with E-state index in [1.807, 2.05) is 0 Å².